The Labute approximate surface area is 120 Å². The first-order valence-electron chi connectivity index (χ1n) is 5.89. The molecule has 0 spiro atoms. The van der Waals surface area contributed by atoms with Crippen LogP contribution in [0.25, 0.3) is 0 Å². The Kier molecular flexibility index (Phi) is 5.44. The van der Waals surface area contributed by atoms with Gasteiger partial charge in [0.15, 0.2) is 0 Å². The van der Waals surface area contributed by atoms with E-state index < -0.39 is 0 Å². The molecule has 0 saturated carbocycles. The Morgan fingerprint density at radius 1 is 1.26 bits per heavy atom. The van der Waals surface area contributed by atoms with Gasteiger partial charge in [-0.15, -0.1) is 23.1 Å². The van der Waals surface area contributed by atoms with Gasteiger partial charge in [-0.1, -0.05) is 18.2 Å². The van der Waals surface area contributed by atoms with Crippen LogP contribution in [0.4, 0.5) is 0 Å². The molecule has 0 aliphatic rings. The summed E-state index contributed by atoms with van der Waals surface area (Å²) < 4.78 is 0. The van der Waals surface area contributed by atoms with Gasteiger partial charge < -0.3 is 10.4 Å². The van der Waals surface area contributed by atoms with E-state index in [4.69, 9.17) is 5.11 Å². The lowest BCUT2D eigenvalue weighted by molar-refractivity contribution is -0.118. The number of hydrogen-bond donors (Lipinski definition) is 2. The maximum absolute atomic E-state index is 11.7. The normalized spacial score (nSPS) is 10.4. The fourth-order valence-corrected chi connectivity index (χ4v) is 2.86. The van der Waals surface area contributed by atoms with Gasteiger partial charge in [-0.25, -0.2) is 0 Å². The molecule has 0 aliphatic carbocycles. The minimum absolute atomic E-state index is 0.0321. The molecule has 2 aromatic rings. The van der Waals surface area contributed by atoms with Gasteiger partial charge in [-0.3, -0.25) is 4.79 Å². The molecule has 0 aliphatic heterocycles. The van der Waals surface area contributed by atoms with Gasteiger partial charge in [-0.05, 0) is 29.1 Å². The van der Waals surface area contributed by atoms with Crippen LogP contribution in [-0.2, 0) is 17.9 Å². The largest absolute Gasteiger partial charge is 0.392 e. The summed E-state index contributed by atoms with van der Waals surface area (Å²) in [4.78, 5) is 13.9. The van der Waals surface area contributed by atoms with Crippen molar-refractivity contribution in [3.8, 4) is 0 Å². The second kappa shape index (κ2) is 7.33. The number of benzene rings is 1. The summed E-state index contributed by atoms with van der Waals surface area (Å²) in [5, 5.41) is 13.8. The number of amides is 1. The van der Waals surface area contributed by atoms with Gasteiger partial charge in [0.1, 0.15) is 0 Å². The highest BCUT2D eigenvalue weighted by Crippen LogP contribution is 2.18. The Bertz CT molecular complexity index is 509. The second-order valence-electron chi connectivity index (χ2n) is 3.95. The molecule has 1 heterocycles. The summed E-state index contributed by atoms with van der Waals surface area (Å²) in [5.74, 6) is 0.439. The van der Waals surface area contributed by atoms with Gasteiger partial charge in [0.2, 0.25) is 5.91 Å². The minimum Gasteiger partial charge on any atom is -0.392 e. The van der Waals surface area contributed by atoms with E-state index in [0.29, 0.717) is 12.3 Å². The third kappa shape index (κ3) is 4.70. The Morgan fingerprint density at radius 2 is 2.05 bits per heavy atom. The minimum atomic E-state index is 0.0321. The number of thiophene rings is 1. The van der Waals surface area contributed by atoms with Gasteiger partial charge in [0, 0.05) is 9.77 Å². The molecule has 5 heteroatoms. The highest BCUT2D eigenvalue weighted by Gasteiger charge is 2.03. The van der Waals surface area contributed by atoms with Gasteiger partial charge in [-0.2, -0.15) is 0 Å². The van der Waals surface area contributed by atoms with Crippen molar-refractivity contribution < 1.29 is 9.90 Å². The van der Waals surface area contributed by atoms with Crippen molar-refractivity contribution in [1.29, 1.82) is 0 Å². The summed E-state index contributed by atoms with van der Waals surface area (Å²) in [6.07, 6.45) is 0. The molecule has 2 N–H and O–H groups in total. The van der Waals surface area contributed by atoms with E-state index in [2.05, 4.69) is 5.32 Å². The van der Waals surface area contributed by atoms with E-state index in [9.17, 15) is 4.79 Å². The third-order valence-electron chi connectivity index (χ3n) is 2.52. The Balaban J connectivity index is 1.73. The number of aliphatic hydroxyl groups is 1. The van der Waals surface area contributed by atoms with Crippen LogP contribution < -0.4 is 5.32 Å². The molecule has 0 saturated heterocycles. The lowest BCUT2D eigenvalue weighted by atomic mass is 10.2. The highest BCUT2D eigenvalue weighted by molar-refractivity contribution is 8.00. The zero-order valence-electron chi connectivity index (χ0n) is 10.3. The number of aliphatic hydroxyl groups excluding tert-OH is 1. The lowest BCUT2D eigenvalue weighted by Crippen LogP contribution is -2.24. The standard InChI is InChI=1S/C14H15NO2S2/c16-9-11-3-5-12(6-4-11)19-10-14(17)15-8-13-2-1-7-18-13/h1-7,16H,8-10H2,(H,15,17). The van der Waals surface area contributed by atoms with E-state index in [0.717, 1.165) is 15.3 Å². The monoisotopic (exact) mass is 293 g/mol. The van der Waals surface area contributed by atoms with E-state index in [1.54, 1.807) is 11.3 Å². The maximum atomic E-state index is 11.7. The Morgan fingerprint density at radius 3 is 2.68 bits per heavy atom. The first-order chi connectivity index (χ1) is 9.28. The smallest absolute Gasteiger partial charge is 0.230 e. The van der Waals surface area contributed by atoms with Crippen LogP contribution in [0.15, 0.2) is 46.7 Å². The molecule has 2 rings (SSSR count). The van der Waals surface area contributed by atoms with Crippen molar-refractivity contribution in [1.82, 2.24) is 5.32 Å². The van der Waals surface area contributed by atoms with Crippen LogP contribution in [0, 0.1) is 0 Å². The van der Waals surface area contributed by atoms with Gasteiger partial charge in [0.25, 0.3) is 0 Å². The van der Waals surface area contributed by atoms with Gasteiger partial charge in [0.05, 0.1) is 18.9 Å². The van der Waals surface area contributed by atoms with E-state index in [-0.39, 0.29) is 12.5 Å². The molecule has 1 aromatic heterocycles. The number of hydrogen-bond acceptors (Lipinski definition) is 4. The zero-order chi connectivity index (χ0) is 13.5. The quantitative estimate of drug-likeness (QED) is 0.805. The summed E-state index contributed by atoms with van der Waals surface area (Å²) >= 11 is 3.13. The molecule has 0 fully saturated rings. The molecule has 0 atom stereocenters. The number of nitrogens with one attached hydrogen (secondary N) is 1. The number of rotatable bonds is 6. The second-order valence-corrected chi connectivity index (χ2v) is 6.03. The molecular weight excluding hydrogens is 278 g/mol. The molecule has 100 valence electrons. The SMILES string of the molecule is O=C(CSc1ccc(CO)cc1)NCc1cccs1. The summed E-state index contributed by atoms with van der Waals surface area (Å²) in [7, 11) is 0. The van der Waals surface area contributed by atoms with Crippen molar-refractivity contribution in [2.75, 3.05) is 5.75 Å². The average molecular weight is 293 g/mol. The number of thioether (sulfide) groups is 1. The van der Waals surface area contributed by atoms with Crippen LogP contribution in [0.1, 0.15) is 10.4 Å². The number of carbonyl (C=O) groups excluding carboxylic acids is 1. The predicted octanol–water partition coefficient (Wildman–Crippen LogP) is 2.65. The van der Waals surface area contributed by atoms with Crippen LogP contribution in [0.3, 0.4) is 0 Å². The molecule has 1 aromatic carbocycles. The molecule has 0 radical (unpaired) electrons. The fraction of sp³-hybridized carbons (Fsp3) is 0.214. The maximum Gasteiger partial charge on any atom is 0.230 e. The molecule has 0 unspecified atom stereocenters. The van der Waals surface area contributed by atoms with E-state index >= 15 is 0 Å². The van der Waals surface area contributed by atoms with E-state index in [1.165, 1.54) is 11.8 Å². The topological polar surface area (TPSA) is 49.3 Å². The van der Waals surface area contributed by atoms with Gasteiger partial charge >= 0.3 is 0 Å². The van der Waals surface area contributed by atoms with Crippen molar-refractivity contribution in [3.05, 3.63) is 52.2 Å². The summed E-state index contributed by atoms with van der Waals surface area (Å²) in [6, 6.07) is 11.6. The molecular formula is C14H15NO2S2. The van der Waals surface area contributed by atoms with E-state index in [1.807, 2.05) is 41.8 Å². The Hall–Kier alpha value is -1.30. The van der Waals surface area contributed by atoms with Crippen molar-refractivity contribution in [2.24, 2.45) is 0 Å². The zero-order valence-corrected chi connectivity index (χ0v) is 12.0. The lowest BCUT2D eigenvalue weighted by Gasteiger charge is -2.04. The average Bonchev–Trinajstić information content (AvgIpc) is 2.96. The van der Waals surface area contributed by atoms with Crippen molar-refractivity contribution in [3.63, 3.8) is 0 Å². The molecule has 0 bridgehead atoms. The first-order valence-corrected chi connectivity index (χ1v) is 7.76. The highest BCUT2D eigenvalue weighted by atomic mass is 32.2. The summed E-state index contributed by atoms with van der Waals surface area (Å²) in [5.41, 5.74) is 0.881. The van der Waals surface area contributed by atoms with Crippen LogP contribution >= 0.6 is 23.1 Å². The van der Waals surface area contributed by atoms with Crippen molar-refractivity contribution >= 4 is 29.0 Å². The third-order valence-corrected chi connectivity index (χ3v) is 4.40. The number of carbonyl (C=O) groups is 1. The molecule has 19 heavy (non-hydrogen) atoms. The fourth-order valence-electron chi connectivity index (χ4n) is 1.49. The van der Waals surface area contributed by atoms with Crippen LogP contribution in [0.5, 0.6) is 0 Å². The molecule has 3 nitrogen and oxygen atoms in total. The van der Waals surface area contributed by atoms with Crippen molar-refractivity contribution in [2.45, 2.75) is 18.0 Å². The van der Waals surface area contributed by atoms with Crippen LogP contribution in [0.2, 0.25) is 0 Å². The molecule has 1 amide bonds. The van der Waals surface area contributed by atoms with Crippen LogP contribution in [-0.4, -0.2) is 16.8 Å². The summed E-state index contributed by atoms with van der Waals surface area (Å²) in [6.45, 7) is 0.646. The predicted molar refractivity (Wildman–Crippen MR) is 79.3 cm³/mol. The first kappa shape index (κ1) is 14.1.